The highest BCUT2D eigenvalue weighted by Gasteiger charge is 2.27. The van der Waals surface area contributed by atoms with E-state index in [0.717, 1.165) is 29.5 Å². The quantitative estimate of drug-likeness (QED) is 0.0793. The van der Waals surface area contributed by atoms with Crippen LogP contribution in [0.4, 0.5) is 0 Å². The van der Waals surface area contributed by atoms with Crippen LogP contribution in [-0.4, -0.2) is 48.2 Å². The Hall–Kier alpha value is -4.49. The van der Waals surface area contributed by atoms with E-state index in [2.05, 4.69) is 23.8 Å². The fourth-order valence-corrected chi connectivity index (χ4v) is 5.43. The van der Waals surface area contributed by atoms with Gasteiger partial charge < -0.3 is 20.5 Å². The molecular formula is C39H48N2O5. The van der Waals surface area contributed by atoms with Crippen molar-refractivity contribution in [1.82, 2.24) is 10.6 Å². The van der Waals surface area contributed by atoms with E-state index in [4.69, 9.17) is 4.74 Å². The van der Waals surface area contributed by atoms with Crippen LogP contribution < -0.4 is 10.6 Å². The molecule has 4 atom stereocenters. The van der Waals surface area contributed by atoms with E-state index in [1.165, 1.54) is 0 Å². The second-order valence-electron chi connectivity index (χ2n) is 11.7. The summed E-state index contributed by atoms with van der Waals surface area (Å²) in [6.07, 6.45) is 7.51. The SMILES string of the molecule is C=CCCC[C@H](Cc1ccccc1)C(=O)OC[C@H](Cc1ccccc1)NC(=O)[C@H](CC=C)CC(=O)N[C@H](CO)Cc1ccccc1. The fourth-order valence-electron chi connectivity index (χ4n) is 5.43. The Balaban J connectivity index is 1.66. The number of unbranched alkanes of at least 4 members (excludes halogenated alkanes) is 1. The minimum absolute atomic E-state index is 0.00286. The summed E-state index contributed by atoms with van der Waals surface area (Å²) in [7, 11) is 0. The summed E-state index contributed by atoms with van der Waals surface area (Å²) in [6.45, 7) is 7.36. The first-order chi connectivity index (χ1) is 22.4. The topological polar surface area (TPSA) is 105 Å². The number of carbonyl (C=O) groups is 3. The number of nitrogens with one attached hydrogen (secondary N) is 2. The highest BCUT2D eigenvalue weighted by Crippen LogP contribution is 2.19. The molecule has 0 aromatic heterocycles. The lowest BCUT2D eigenvalue weighted by Gasteiger charge is -2.24. The van der Waals surface area contributed by atoms with E-state index >= 15 is 0 Å². The molecule has 0 bridgehead atoms. The Bertz CT molecular complexity index is 1350. The zero-order chi connectivity index (χ0) is 33.0. The molecule has 0 heterocycles. The lowest BCUT2D eigenvalue weighted by Crippen LogP contribution is -2.45. The van der Waals surface area contributed by atoms with Crippen LogP contribution in [0.3, 0.4) is 0 Å². The molecule has 0 aliphatic heterocycles. The fraction of sp³-hybridized carbons (Fsp3) is 0.359. The number of hydrogen-bond donors (Lipinski definition) is 3. The predicted octanol–water partition coefficient (Wildman–Crippen LogP) is 5.77. The van der Waals surface area contributed by atoms with Crippen molar-refractivity contribution in [1.29, 1.82) is 0 Å². The number of hydrogen-bond acceptors (Lipinski definition) is 5. The standard InChI is InChI=1S/C39H48N2O5/c1-3-5-9-23-34(24-30-17-10-6-11-18-30)39(45)46-29-36(26-32-21-14-8-15-22-32)41-38(44)33(16-4-2)27-37(43)40-35(28-42)25-31-19-12-7-13-20-31/h3-4,6-8,10-15,17-22,33-36,42H,1-2,5,9,16,23-29H2,(H,40,43)(H,41,44)/t33-,34-,35+,36+/m1/s1. The summed E-state index contributed by atoms with van der Waals surface area (Å²) >= 11 is 0. The smallest absolute Gasteiger partial charge is 0.309 e. The van der Waals surface area contributed by atoms with Gasteiger partial charge in [0.2, 0.25) is 11.8 Å². The van der Waals surface area contributed by atoms with Crippen molar-refractivity contribution < 1.29 is 24.2 Å². The lowest BCUT2D eigenvalue weighted by atomic mass is 9.94. The van der Waals surface area contributed by atoms with Crippen LogP contribution in [0.2, 0.25) is 0 Å². The molecule has 0 saturated heterocycles. The lowest BCUT2D eigenvalue weighted by molar-refractivity contribution is -0.150. The van der Waals surface area contributed by atoms with Gasteiger partial charge in [0.25, 0.3) is 0 Å². The molecule has 2 amide bonds. The van der Waals surface area contributed by atoms with Gasteiger partial charge in [-0.05, 0) is 61.6 Å². The summed E-state index contributed by atoms with van der Waals surface area (Å²) in [6, 6.07) is 28.2. The molecule has 0 radical (unpaired) electrons. The molecule has 0 saturated carbocycles. The van der Waals surface area contributed by atoms with Gasteiger partial charge in [-0.1, -0.05) is 103 Å². The normalized spacial score (nSPS) is 13.4. The average molecular weight is 625 g/mol. The molecule has 0 spiro atoms. The van der Waals surface area contributed by atoms with Crippen LogP contribution in [-0.2, 0) is 38.4 Å². The molecule has 7 heteroatoms. The maximum Gasteiger partial charge on any atom is 0.309 e. The molecule has 3 rings (SSSR count). The minimum Gasteiger partial charge on any atom is -0.463 e. The van der Waals surface area contributed by atoms with E-state index in [9.17, 15) is 19.5 Å². The molecule has 3 aromatic rings. The monoisotopic (exact) mass is 624 g/mol. The molecule has 3 N–H and O–H groups in total. The van der Waals surface area contributed by atoms with Crippen molar-refractivity contribution in [2.45, 2.75) is 63.5 Å². The summed E-state index contributed by atoms with van der Waals surface area (Å²) < 4.78 is 5.88. The molecule has 7 nitrogen and oxygen atoms in total. The Morgan fingerprint density at radius 1 is 0.717 bits per heavy atom. The zero-order valence-electron chi connectivity index (χ0n) is 26.7. The van der Waals surface area contributed by atoms with Crippen molar-refractivity contribution in [2.75, 3.05) is 13.2 Å². The van der Waals surface area contributed by atoms with Gasteiger partial charge in [0, 0.05) is 6.42 Å². The molecule has 0 fully saturated rings. The first kappa shape index (κ1) is 36.0. The second-order valence-corrected chi connectivity index (χ2v) is 11.7. The minimum atomic E-state index is -0.674. The van der Waals surface area contributed by atoms with Crippen molar-refractivity contribution in [3.05, 3.63) is 133 Å². The number of esters is 1. The van der Waals surface area contributed by atoms with E-state index in [0.29, 0.717) is 32.1 Å². The summed E-state index contributed by atoms with van der Waals surface area (Å²) in [5.41, 5.74) is 3.04. The van der Waals surface area contributed by atoms with Gasteiger partial charge in [-0.15, -0.1) is 13.2 Å². The van der Waals surface area contributed by atoms with Crippen molar-refractivity contribution >= 4 is 17.8 Å². The van der Waals surface area contributed by atoms with E-state index in [1.807, 2.05) is 97.1 Å². The van der Waals surface area contributed by atoms with Crippen LogP contribution in [0.15, 0.2) is 116 Å². The Morgan fingerprint density at radius 3 is 1.78 bits per heavy atom. The van der Waals surface area contributed by atoms with Gasteiger partial charge in [-0.25, -0.2) is 0 Å². The van der Waals surface area contributed by atoms with E-state index in [-0.39, 0.29) is 43.3 Å². The van der Waals surface area contributed by atoms with Gasteiger partial charge in [-0.2, -0.15) is 0 Å². The molecule has 46 heavy (non-hydrogen) atoms. The second kappa shape index (κ2) is 20.5. The zero-order valence-corrected chi connectivity index (χ0v) is 26.7. The van der Waals surface area contributed by atoms with Crippen LogP contribution in [0.25, 0.3) is 0 Å². The highest BCUT2D eigenvalue weighted by molar-refractivity contribution is 5.86. The third-order valence-corrected chi connectivity index (χ3v) is 7.88. The average Bonchev–Trinajstić information content (AvgIpc) is 3.07. The summed E-state index contributed by atoms with van der Waals surface area (Å²) in [5.74, 6) is -1.93. The third kappa shape index (κ3) is 13.2. The third-order valence-electron chi connectivity index (χ3n) is 7.88. The van der Waals surface area contributed by atoms with Crippen LogP contribution in [0, 0.1) is 11.8 Å². The Labute approximate surface area is 273 Å². The summed E-state index contributed by atoms with van der Waals surface area (Å²) in [4.78, 5) is 40.0. The number of aliphatic hydroxyl groups is 1. The first-order valence-electron chi connectivity index (χ1n) is 16.1. The highest BCUT2D eigenvalue weighted by atomic mass is 16.5. The molecular weight excluding hydrogens is 576 g/mol. The molecule has 3 aromatic carbocycles. The number of benzene rings is 3. The van der Waals surface area contributed by atoms with Crippen molar-refractivity contribution in [2.24, 2.45) is 11.8 Å². The molecule has 0 aliphatic rings. The maximum atomic E-state index is 13.6. The van der Waals surface area contributed by atoms with Gasteiger partial charge in [-0.3, -0.25) is 14.4 Å². The Kier molecular flexibility index (Phi) is 16.1. The maximum absolute atomic E-state index is 13.6. The van der Waals surface area contributed by atoms with Gasteiger partial charge in [0.05, 0.1) is 30.5 Å². The van der Waals surface area contributed by atoms with Crippen molar-refractivity contribution in [3.63, 3.8) is 0 Å². The number of aliphatic hydroxyl groups excluding tert-OH is 1. The van der Waals surface area contributed by atoms with Gasteiger partial charge >= 0.3 is 5.97 Å². The molecule has 0 aliphatic carbocycles. The number of allylic oxidation sites excluding steroid dienone is 2. The van der Waals surface area contributed by atoms with Crippen LogP contribution in [0.1, 0.15) is 48.8 Å². The summed E-state index contributed by atoms with van der Waals surface area (Å²) in [5, 5.41) is 15.8. The molecule has 244 valence electrons. The van der Waals surface area contributed by atoms with E-state index < -0.39 is 18.0 Å². The van der Waals surface area contributed by atoms with Gasteiger partial charge in [0.15, 0.2) is 0 Å². The van der Waals surface area contributed by atoms with E-state index in [1.54, 1.807) is 6.08 Å². The number of ether oxygens (including phenoxy) is 1. The molecule has 0 unspecified atom stereocenters. The van der Waals surface area contributed by atoms with Crippen LogP contribution in [0.5, 0.6) is 0 Å². The van der Waals surface area contributed by atoms with Crippen LogP contribution >= 0.6 is 0 Å². The van der Waals surface area contributed by atoms with Gasteiger partial charge in [0.1, 0.15) is 6.61 Å². The number of amides is 2. The first-order valence-corrected chi connectivity index (χ1v) is 16.1. The number of rotatable bonds is 21. The number of carbonyl (C=O) groups excluding carboxylic acids is 3. The predicted molar refractivity (Wildman–Crippen MR) is 183 cm³/mol. The van der Waals surface area contributed by atoms with Crippen molar-refractivity contribution in [3.8, 4) is 0 Å². The largest absolute Gasteiger partial charge is 0.463 e. The Morgan fingerprint density at radius 2 is 1.26 bits per heavy atom.